The minimum Gasteiger partial charge on any atom is -0.387 e. The molecule has 0 radical (unpaired) electrons. The number of fused-ring (bicyclic) bond motifs is 1. The fourth-order valence-electron chi connectivity index (χ4n) is 2.75. The summed E-state index contributed by atoms with van der Waals surface area (Å²) < 4.78 is 0. The zero-order chi connectivity index (χ0) is 13.2. The molecule has 0 bridgehead atoms. The number of thiophene rings is 1. The van der Waals surface area contributed by atoms with Crippen LogP contribution < -0.4 is 5.73 Å². The summed E-state index contributed by atoms with van der Waals surface area (Å²) in [6.07, 6.45) is 6.56. The first-order valence-corrected chi connectivity index (χ1v) is 7.50. The molecule has 0 fully saturated rings. The van der Waals surface area contributed by atoms with Gasteiger partial charge < -0.3 is 10.8 Å². The van der Waals surface area contributed by atoms with E-state index >= 15 is 0 Å². The van der Waals surface area contributed by atoms with Crippen LogP contribution in [0.5, 0.6) is 0 Å². The monoisotopic (exact) mass is 274 g/mol. The third-order valence-electron chi connectivity index (χ3n) is 3.83. The molecular formula is C15H18N2OS. The van der Waals surface area contributed by atoms with E-state index in [0.29, 0.717) is 6.54 Å². The second-order valence-corrected chi connectivity index (χ2v) is 6.19. The van der Waals surface area contributed by atoms with E-state index in [4.69, 9.17) is 5.73 Å². The van der Waals surface area contributed by atoms with Crippen LogP contribution in [0.1, 0.15) is 39.3 Å². The van der Waals surface area contributed by atoms with Crippen molar-refractivity contribution in [2.24, 2.45) is 5.73 Å². The van der Waals surface area contributed by atoms with Crippen molar-refractivity contribution in [2.75, 3.05) is 6.54 Å². The third-order valence-corrected chi connectivity index (χ3v) is 5.13. The zero-order valence-electron chi connectivity index (χ0n) is 10.7. The molecule has 0 saturated carbocycles. The molecule has 1 aliphatic carbocycles. The minimum absolute atomic E-state index is 0.0539. The number of nitrogens with zero attached hydrogens (tertiary/aromatic N) is 1. The highest BCUT2D eigenvalue weighted by Gasteiger charge is 2.25. The largest absolute Gasteiger partial charge is 0.387 e. The number of aromatic nitrogens is 1. The van der Waals surface area contributed by atoms with Crippen molar-refractivity contribution in [1.29, 1.82) is 0 Å². The van der Waals surface area contributed by atoms with Gasteiger partial charge in [-0.1, -0.05) is 0 Å². The number of aryl methyl sites for hydroxylation is 2. The molecule has 2 heterocycles. The maximum atomic E-state index is 10.6. The van der Waals surface area contributed by atoms with Gasteiger partial charge in [-0.3, -0.25) is 4.98 Å². The van der Waals surface area contributed by atoms with Gasteiger partial charge in [0.2, 0.25) is 0 Å². The Morgan fingerprint density at radius 2 is 2.11 bits per heavy atom. The SMILES string of the molecule is NCC(c1ccncc1)C(O)c1cc2c(s1)CCC2. The van der Waals surface area contributed by atoms with Crippen LogP contribution in [0.25, 0.3) is 0 Å². The average molecular weight is 274 g/mol. The van der Waals surface area contributed by atoms with Gasteiger partial charge in [-0.25, -0.2) is 0 Å². The van der Waals surface area contributed by atoms with Crippen LogP contribution in [-0.4, -0.2) is 16.6 Å². The van der Waals surface area contributed by atoms with E-state index in [0.717, 1.165) is 23.3 Å². The fraction of sp³-hybridized carbons (Fsp3) is 0.400. The predicted octanol–water partition coefficient (Wildman–Crippen LogP) is 2.41. The maximum absolute atomic E-state index is 10.6. The molecular weight excluding hydrogens is 256 g/mol. The highest BCUT2D eigenvalue weighted by molar-refractivity contribution is 7.12. The number of rotatable bonds is 4. The number of nitrogens with two attached hydrogens (primary N) is 1. The molecule has 4 heteroatoms. The maximum Gasteiger partial charge on any atom is 0.0962 e. The van der Waals surface area contributed by atoms with Gasteiger partial charge in [0, 0.05) is 34.6 Å². The molecule has 0 aromatic carbocycles. The third kappa shape index (κ3) is 2.43. The van der Waals surface area contributed by atoms with Crippen LogP contribution in [0.3, 0.4) is 0 Å². The van der Waals surface area contributed by atoms with Crippen LogP contribution >= 0.6 is 11.3 Å². The van der Waals surface area contributed by atoms with Gasteiger partial charge in [0.05, 0.1) is 6.10 Å². The Morgan fingerprint density at radius 3 is 2.79 bits per heavy atom. The van der Waals surface area contributed by atoms with Gasteiger partial charge in [-0.15, -0.1) is 11.3 Å². The van der Waals surface area contributed by atoms with Crippen LogP contribution in [0, 0.1) is 0 Å². The van der Waals surface area contributed by atoms with E-state index in [1.807, 2.05) is 12.1 Å². The number of hydrogen-bond donors (Lipinski definition) is 2. The van der Waals surface area contributed by atoms with Gasteiger partial charge >= 0.3 is 0 Å². The topological polar surface area (TPSA) is 59.1 Å². The Morgan fingerprint density at radius 1 is 1.32 bits per heavy atom. The Hall–Kier alpha value is -1.23. The highest BCUT2D eigenvalue weighted by atomic mass is 32.1. The number of pyridine rings is 1. The molecule has 2 aromatic rings. The number of aliphatic hydroxyl groups excluding tert-OH is 1. The summed E-state index contributed by atoms with van der Waals surface area (Å²) in [5, 5.41) is 10.6. The van der Waals surface area contributed by atoms with E-state index in [1.165, 1.54) is 16.9 Å². The van der Waals surface area contributed by atoms with E-state index in [-0.39, 0.29) is 5.92 Å². The number of aliphatic hydroxyl groups is 1. The highest BCUT2D eigenvalue weighted by Crippen LogP contribution is 2.38. The summed E-state index contributed by atoms with van der Waals surface area (Å²) in [6, 6.07) is 6.03. The molecule has 1 aliphatic rings. The van der Waals surface area contributed by atoms with E-state index in [2.05, 4.69) is 11.1 Å². The van der Waals surface area contributed by atoms with Crippen molar-refractivity contribution in [2.45, 2.75) is 31.3 Å². The van der Waals surface area contributed by atoms with Crippen molar-refractivity contribution in [3.05, 3.63) is 51.5 Å². The van der Waals surface area contributed by atoms with Gasteiger partial charge in [0.1, 0.15) is 0 Å². The first-order valence-electron chi connectivity index (χ1n) is 6.69. The number of hydrogen-bond acceptors (Lipinski definition) is 4. The lowest BCUT2D eigenvalue weighted by atomic mass is 9.93. The molecule has 3 N–H and O–H groups in total. The quantitative estimate of drug-likeness (QED) is 0.900. The Balaban J connectivity index is 1.86. The lowest BCUT2D eigenvalue weighted by molar-refractivity contribution is 0.151. The van der Waals surface area contributed by atoms with Gasteiger partial charge in [-0.05, 0) is 48.6 Å². The summed E-state index contributed by atoms with van der Waals surface area (Å²) in [6.45, 7) is 0.438. The van der Waals surface area contributed by atoms with Crippen LogP contribution in [0.15, 0.2) is 30.6 Å². The van der Waals surface area contributed by atoms with Crippen molar-refractivity contribution in [3.63, 3.8) is 0 Å². The first kappa shape index (κ1) is 12.8. The molecule has 100 valence electrons. The summed E-state index contributed by atoms with van der Waals surface area (Å²) in [5.41, 5.74) is 8.33. The van der Waals surface area contributed by atoms with Gasteiger partial charge in [0.25, 0.3) is 0 Å². The molecule has 2 unspecified atom stereocenters. The molecule has 19 heavy (non-hydrogen) atoms. The van der Waals surface area contributed by atoms with Crippen LogP contribution in [-0.2, 0) is 12.8 Å². The summed E-state index contributed by atoms with van der Waals surface area (Å²) in [7, 11) is 0. The second kappa shape index (κ2) is 5.41. The molecule has 0 aliphatic heterocycles. The predicted molar refractivity (Wildman–Crippen MR) is 77.3 cm³/mol. The Labute approximate surface area is 117 Å². The second-order valence-electron chi connectivity index (χ2n) is 5.02. The van der Waals surface area contributed by atoms with E-state index < -0.39 is 6.10 Å². The molecule has 2 atom stereocenters. The van der Waals surface area contributed by atoms with E-state index in [9.17, 15) is 5.11 Å². The van der Waals surface area contributed by atoms with Crippen molar-refractivity contribution in [1.82, 2.24) is 4.98 Å². The van der Waals surface area contributed by atoms with Crippen LogP contribution in [0.4, 0.5) is 0 Å². The standard InChI is InChI=1S/C15H18N2OS/c16-9-12(10-4-6-17-7-5-10)15(18)14-8-11-2-1-3-13(11)19-14/h4-8,12,15,18H,1-3,9,16H2. The molecule has 0 spiro atoms. The van der Waals surface area contributed by atoms with Crippen molar-refractivity contribution < 1.29 is 5.11 Å². The summed E-state index contributed by atoms with van der Waals surface area (Å²) in [5.74, 6) is -0.0539. The lowest BCUT2D eigenvalue weighted by Crippen LogP contribution is -2.19. The minimum atomic E-state index is -0.511. The van der Waals surface area contributed by atoms with Crippen molar-refractivity contribution >= 4 is 11.3 Å². The zero-order valence-corrected chi connectivity index (χ0v) is 11.6. The normalized spacial score (nSPS) is 17.2. The first-order chi connectivity index (χ1) is 9.29. The van der Waals surface area contributed by atoms with Gasteiger partial charge in [0.15, 0.2) is 0 Å². The lowest BCUT2D eigenvalue weighted by Gasteiger charge is -2.20. The molecule has 3 rings (SSSR count). The molecule has 2 aromatic heterocycles. The Kier molecular flexibility index (Phi) is 3.64. The Bertz CT molecular complexity index is 531. The van der Waals surface area contributed by atoms with Crippen molar-refractivity contribution in [3.8, 4) is 0 Å². The molecule has 0 saturated heterocycles. The van der Waals surface area contributed by atoms with Crippen LogP contribution in [0.2, 0.25) is 0 Å². The van der Waals surface area contributed by atoms with Gasteiger partial charge in [-0.2, -0.15) is 0 Å². The molecule has 3 nitrogen and oxygen atoms in total. The summed E-state index contributed by atoms with van der Waals surface area (Å²) in [4.78, 5) is 6.51. The smallest absolute Gasteiger partial charge is 0.0962 e. The van der Waals surface area contributed by atoms with E-state index in [1.54, 1.807) is 23.7 Å². The summed E-state index contributed by atoms with van der Waals surface area (Å²) >= 11 is 1.75. The average Bonchev–Trinajstić information content (AvgIpc) is 3.01. The molecule has 0 amide bonds. The fourth-order valence-corrected chi connectivity index (χ4v) is 4.06.